The lowest BCUT2D eigenvalue weighted by atomic mass is 9.98. The van der Waals surface area contributed by atoms with Crippen LogP contribution in [-0.4, -0.2) is 75.3 Å². The van der Waals surface area contributed by atoms with E-state index in [-0.39, 0.29) is 18.2 Å². The molecule has 3 heterocycles. The van der Waals surface area contributed by atoms with Gasteiger partial charge in [0.25, 0.3) is 8.18 Å². The zero-order chi connectivity index (χ0) is 22.9. The number of anilines is 2. The fourth-order valence-corrected chi connectivity index (χ4v) is 4.11. The molecule has 172 valence electrons. The van der Waals surface area contributed by atoms with Gasteiger partial charge in [-0.05, 0) is 13.8 Å². The molecule has 2 aromatic heterocycles. The molecule has 0 aliphatic carbocycles. The van der Waals surface area contributed by atoms with Crippen LogP contribution in [0.25, 0.3) is 11.2 Å². The molecule has 6 atom stereocenters. The first-order chi connectivity index (χ1) is 14.6. The molecule has 3 rings (SSSR count). The number of nitrogens with zero attached hydrogens (tertiary/aromatic N) is 4. The molecular weight excluding hydrogens is 436 g/mol. The van der Waals surface area contributed by atoms with Crippen molar-refractivity contribution in [3.63, 3.8) is 0 Å². The number of methoxy groups -OCH3 is 1. The number of aliphatic hydroxyl groups is 1. The largest absolute Gasteiger partial charge is 0.468 e. The van der Waals surface area contributed by atoms with Crippen LogP contribution < -0.4 is 16.1 Å². The Kier molecular flexibility index (Phi) is 6.76. The Morgan fingerprint density at radius 1 is 1.55 bits per heavy atom. The minimum atomic E-state index is -2.89. The summed E-state index contributed by atoms with van der Waals surface area (Å²) >= 11 is 0. The van der Waals surface area contributed by atoms with Crippen molar-refractivity contribution >= 4 is 37.1 Å². The van der Waals surface area contributed by atoms with Crippen molar-refractivity contribution < 1.29 is 32.9 Å². The maximum atomic E-state index is 15.5. The summed E-state index contributed by atoms with van der Waals surface area (Å²) in [5.74, 6) is -0.323. The number of nitrogens with two attached hydrogens (primary N) is 1. The number of carbonyl (C=O) groups excluding carboxylic acids is 1. The average Bonchev–Trinajstić information content (AvgIpc) is 3.23. The summed E-state index contributed by atoms with van der Waals surface area (Å²) in [6.45, 7) is 2.23. The van der Waals surface area contributed by atoms with E-state index in [0.29, 0.717) is 11.3 Å². The number of hydrogen-bond acceptors (Lipinski definition) is 11. The quantitative estimate of drug-likeness (QED) is 0.306. The lowest BCUT2D eigenvalue weighted by Crippen LogP contribution is -2.40. The molecule has 0 saturated carbocycles. The van der Waals surface area contributed by atoms with Crippen LogP contribution in [-0.2, 0) is 23.4 Å². The lowest BCUT2D eigenvalue weighted by molar-refractivity contribution is -0.142. The number of aromatic nitrogens is 4. The molecule has 13 nitrogen and oxygen atoms in total. The summed E-state index contributed by atoms with van der Waals surface area (Å²) in [4.78, 5) is 23.7. The Labute approximate surface area is 177 Å². The first-order valence-electron chi connectivity index (χ1n) is 9.31. The van der Waals surface area contributed by atoms with Crippen LogP contribution in [0.5, 0.6) is 0 Å². The van der Waals surface area contributed by atoms with Crippen LogP contribution in [0.1, 0.15) is 20.1 Å². The highest BCUT2D eigenvalue weighted by Gasteiger charge is 2.55. The molecule has 31 heavy (non-hydrogen) atoms. The van der Waals surface area contributed by atoms with E-state index in [4.69, 9.17) is 15.0 Å². The summed E-state index contributed by atoms with van der Waals surface area (Å²) in [6.07, 6.45) is -2.76. The van der Waals surface area contributed by atoms with Gasteiger partial charge in [-0.15, -0.1) is 0 Å². The molecule has 2 aromatic rings. The molecule has 0 radical (unpaired) electrons. The topological polar surface area (TPSA) is 176 Å². The Morgan fingerprint density at radius 3 is 2.90 bits per heavy atom. The van der Waals surface area contributed by atoms with Crippen LogP contribution in [0.3, 0.4) is 0 Å². The average molecular weight is 461 g/mol. The first kappa shape index (κ1) is 23.3. The Bertz CT molecular complexity index is 989. The van der Waals surface area contributed by atoms with Crippen molar-refractivity contribution in [1.82, 2.24) is 24.6 Å². The van der Waals surface area contributed by atoms with Gasteiger partial charge in [-0.2, -0.15) is 9.97 Å². The number of halogens is 1. The van der Waals surface area contributed by atoms with Crippen molar-refractivity contribution in [3.8, 4) is 0 Å². The molecule has 1 unspecified atom stereocenters. The second kappa shape index (κ2) is 9.01. The molecule has 15 heteroatoms. The number of ether oxygens (including phenoxy) is 2. The smallest absolute Gasteiger partial charge is 0.322 e. The van der Waals surface area contributed by atoms with Gasteiger partial charge < -0.3 is 30.2 Å². The van der Waals surface area contributed by atoms with Crippen molar-refractivity contribution in [3.05, 3.63) is 6.33 Å². The highest BCUT2D eigenvalue weighted by atomic mass is 31.1. The molecule has 1 saturated heterocycles. The zero-order valence-electron chi connectivity index (χ0n) is 17.3. The van der Waals surface area contributed by atoms with Gasteiger partial charge in [-0.3, -0.25) is 13.9 Å². The van der Waals surface area contributed by atoms with E-state index in [9.17, 15) is 14.5 Å². The molecule has 5 N–H and O–H groups in total. The van der Waals surface area contributed by atoms with Crippen LogP contribution in [0.15, 0.2) is 6.33 Å². The van der Waals surface area contributed by atoms with E-state index in [1.807, 2.05) is 0 Å². The molecule has 1 aliphatic heterocycles. The van der Waals surface area contributed by atoms with Crippen LogP contribution in [0.2, 0.25) is 0 Å². The van der Waals surface area contributed by atoms with Crippen LogP contribution in [0, 0.1) is 0 Å². The van der Waals surface area contributed by atoms with E-state index >= 15 is 4.39 Å². The van der Waals surface area contributed by atoms with Crippen LogP contribution in [0.4, 0.5) is 16.2 Å². The van der Waals surface area contributed by atoms with E-state index in [0.717, 1.165) is 0 Å². The highest BCUT2D eigenvalue weighted by Crippen LogP contribution is 2.43. The number of nitrogen functional groups attached to an aromatic ring is 1. The van der Waals surface area contributed by atoms with Gasteiger partial charge in [0.2, 0.25) is 5.95 Å². The van der Waals surface area contributed by atoms with Gasteiger partial charge in [0.05, 0.1) is 20.0 Å². The summed E-state index contributed by atoms with van der Waals surface area (Å²) in [7, 11) is -0.0678. The van der Waals surface area contributed by atoms with Crippen molar-refractivity contribution in [2.45, 2.75) is 44.0 Å². The fraction of sp³-hybridized carbons (Fsp3) is 0.625. The predicted octanol–water partition coefficient (Wildman–Crippen LogP) is -0.00590. The SMILES string of the molecule is CNc1nc(N)nc2c1ncn2[C@@H]1O[C@H](CO[PH](=O)N[C@H](C)C(=O)OC)[C@@H](O)[C@@]1(C)F. The van der Waals surface area contributed by atoms with Gasteiger partial charge in [-0.1, -0.05) is 0 Å². The highest BCUT2D eigenvalue weighted by molar-refractivity contribution is 7.36. The molecule has 0 aromatic carbocycles. The lowest BCUT2D eigenvalue weighted by Gasteiger charge is -2.24. The number of esters is 1. The number of nitrogens with one attached hydrogen (secondary N) is 2. The summed E-state index contributed by atoms with van der Waals surface area (Å²) in [5.41, 5.74) is 4.02. The number of aliphatic hydroxyl groups excluding tert-OH is 1. The third-order valence-corrected chi connectivity index (χ3v) is 6.01. The Balaban J connectivity index is 1.76. The van der Waals surface area contributed by atoms with Gasteiger partial charge in [-0.25, -0.2) is 14.5 Å². The molecular formula is C16H25FN7O6P. The third-order valence-electron chi connectivity index (χ3n) is 4.91. The number of hydrogen-bond donors (Lipinski definition) is 4. The van der Waals surface area contributed by atoms with E-state index in [1.54, 1.807) is 7.05 Å². The first-order valence-corrected chi connectivity index (χ1v) is 10.6. The molecule has 0 amide bonds. The van der Waals surface area contributed by atoms with Gasteiger partial charge >= 0.3 is 5.97 Å². The van der Waals surface area contributed by atoms with Crippen molar-refractivity contribution in [2.24, 2.45) is 0 Å². The summed E-state index contributed by atoms with van der Waals surface area (Å²) in [5, 5.41) is 15.7. The maximum Gasteiger partial charge on any atom is 0.322 e. The summed E-state index contributed by atoms with van der Waals surface area (Å²) in [6, 6.07) is -0.867. The van der Waals surface area contributed by atoms with Crippen LogP contribution >= 0.6 is 8.18 Å². The van der Waals surface area contributed by atoms with E-state index in [1.165, 1.54) is 31.9 Å². The molecule has 1 aliphatic rings. The molecule has 1 fully saturated rings. The molecule has 0 bridgehead atoms. The standard InChI is InChI=1S/C16H25FN7O6P/c1-7(13(26)28-4)23-31(27)29-5-8-10(25)16(2,17)14(30-8)24-6-20-9-11(19-3)21-15(18)22-12(9)24/h6-8,10,14,25,31H,5H2,1-4H3,(H,23,27)(H3,18,19,21,22)/t7-,8-,10-,14-,16-/m1/s1. The van der Waals surface area contributed by atoms with E-state index < -0.39 is 44.3 Å². The summed E-state index contributed by atoms with van der Waals surface area (Å²) < 4.78 is 44.2. The Hall–Kier alpha value is -2.38. The van der Waals surface area contributed by atoms with Crippen molar-refractivity contribution in [1.29, 1.82) is 0 Å². The predicted molar refractivity (Wildman–Crippen MR) is 108 cm³/mol. The number of carbonyl (C=O) groups is 1. The molecule has 0 spiro atoms. The Morgan fingerprint density at radius 2 is 2.26 bits per heavy atom. The van der Waals surface area contributed by atoms with Crippen molar-refractivity contribution in [2.75, 3.05) is 31.8 Å². The third kappa shape index (κ3) is 4.48. The minimum Gasteiger partial charge on any atom is -0.468 e. The van der Waals surface area contributed by atoms with Gasteiger partial charge in [0.15, 0.2) is 28.9 Å². The zero-order valence-corrected chi connectivity index (χ0v) is 18.3. The maximum absolute atomic E-state index is 15.5. The van der Waals surface area contributed by atoms with E-state index in [2.05, 4.69) is 30.1 Å². The second-order valence-electron chi connectivity index (χ2n) is 7.12. The number of alkyl halides is 1. The number of fused-ring (bicyclic) bond motifs is 1. The normalized spacial score (nSPS) is 27.9. The monoisotopic (exact) mass is 461 g/mol. The van der Waals surface area contributed by atoms with Gasteiger partial charge in [0, 0.05) is 7.05 Å². The number of rotatable bonds is 8. The minimum absolute atomic E-state index is 0.0537. The fourth-order valence-electron chi connectivity index (χ4n) is 3.24. The van der Waals surface area contributed by atoms with Gasteiger partial charge in [0.1, 0.15) is 18.2 Å². The number of imidazole rings is 1. The second-order valence-corrected chi connectivity index (χ2v) is 8.27.